The zero-order valence-corrected chi connectivity index (χ0v) is 8.58. The van der Waals surface area contributed by atoms with Crippen LogP contribution in [0.1, 0.15) is 12.6 Å². The molecule has 0 radical (unpaired) electrons. The molecule has 1 rings (SSSR count). The SMILES string of the molecule is CCSc1cc[n+](C)c(C=NO)c1. The first-order valence-electron chi connectivity index (χ1n) is 4.08. The van der Waals surface area contributed by atoms with Gasteiger partial charge in [-0.2, -0.15) is 0 Å². The average Bonchev–Trinajstić information content (AvgIpc) is 2.12. The first-order valence-corrected chi connectivity index (χ1v) is 5.06. The van der Waals surface area contributed by atoms with Crippen LogP contribution in [0.15, 0.2) is 28.4 Å². The normalized spacial score (nSPS) is 10.9. The highest BCUT2D eigenvalue weighted by atomic mass is 32.2. The zero-order valence-electron chi connectivity index (χ0n) is 7.77. The molecule has 0 aliphatic rings. The summed E-state index contributed by atoms with van der Waals surface area (Å²) in [4.78, 5) is 1.19. The molecule has 13 heavy (non-hydrogen) atoms. The van der Waals surface area contributed by atoms with Gasteiger partial charge in [-0.05, 0) is 5.75 Å². The number of oxime groups is 1. The number of rotatable bonds is 3. The maximum Gasteiger partial charge on any atom is 0.227 e. The Hall–Kier alpha value is -1.03. The Bertz CT molecular complexity index is 312. The minimum absolute atomic E-state index is 0.890. The summed E-state index contributed by atoms with van der Waals surface area (Å²) in [6, 6.07) is 4.04. The van der Waals surface area contributed by atoms with Crippen LogP contribution in [0.3, 0.4) is 0 Å². The fourth-order valence-electron chi connectivity index (χ4n) is 1.01. The van der Waals surface area contributed by atoms with Crippen LogP contribution in [0.2, 0.25) is 0 Å². The topological polar surface area (TPSA) is 36.5 Å². The highest BCUT2D eigenvalue weighted by molar-refractivity contribution is 7.99. The van der Waals surface area contributed by atoms with E-state index in [9.17, 15) is 0 Å². The van der Waals surface area contributed by atoms with E-state index in [1.807, 2.05) is 29.9 Å². The van der Waals surface area contributed by atoms with Gasteiger partial charge >= 0.3 is 0 Å². The number of hydrogen-bond donors (Lipinski definition) is 1. The Labute approximate surface area is 82.1 Å². The Morgan fingerprint density at radius 1 is 1.69 bits per heavy atom. The molecule has 0 saturated heterocycles. The number of nitrogens with zero attached hydrogens (tertiary/aromatic N) is 2. The second kappa shape index (κ2) is 4.87. The van der Waals surface area contributed by atoms with Crippen molar-refractivity contribution in [1.82, 2.24) is 0 Å². The van der Waals surface area contributed by atoms with Gasteiger partial charge in [0.15, 0.2) is 6.20 Å². The molecule has 0 unspecified atom stereocenters. The summed E-state index contributed by atoms with van der Waals surface area (Å²) >= 11 is 1.77. The number of aryl methyl sites for hydroxylation is 1. The number of thioether (sulfide) groups is 1. The van der Waals surface area contributed by atoms with Gasteiger partial charge in [-0.3, -0.25) is 0 Å². The molecule has 1 aromatic rings. The van der Waals surface area contributed by atoms with E-state index in [2.05, 4.69) is 12.1 Å². The Balaban J connectivity index is 2.96. The second-order valence-electron chi connectivity index (χ2n) is 2.58. The van der Waals surface area contributed by atoms with Gasteiger partial charge in [0.1, 0.15) is 13.3 Å². The van der Waals surface area contributed by atoms with Crippen molar-refractivity contribution in [3.8, 4) is 0 Å². The van der Waals surface area contributed by atoms with E-state index in [1.165, 1.54) is 11.1 Å². The van der Waals surface area contributed by atoms with Crippen LogP contribution >= 0.6 is 11.8 Å². The first-order chi connectivity index (χ1) is 6.27. The third-order valence-corrected chi connectivity index (χ3v) is 2.54. The summed E-state index contributed by atoms with van der Waals surface area (Å²) in [6.07, 6.45) is 3.38. The summed E-state index contributed by atoms with van der Waals surface area (Å²) < 4.78 is 1.90. The summed E-state index contributed by atoms with van der Waals surface area (Å²) in [5.74, 6) is 1.05. The van der Waals surface area contributed by atoms with Crippen LogP contribution in [-0.4, -0.2) is 17.2 Å². The zero-order chi connectivity index (χ0) is 9.68. The quantitative estimate of drug-likeness (QED) is 0.262. The minimum atomic E-state index is 0.890. The molecule has 0 spiro atoms. The molecule has 3 nitrogen and oxygen atoms in total. The lowest BCUT2D eigenvalue weighted by Crippen LogP contribution is -2.32. The first kappa shape index (κ1) is 10.1. The fraction of sp³-hybridized carbons (Fsp3) is 0.333. The van der Waals surface area contributed by atoms with Crippen LogP contribution in [0.5, 0.6) is 0 Å². The van der Waals surface area contributed by atoms with Crippen molar-refractivity contribution >= 4 is 18.0 Å². The molecule has 0 bridgehead atoms. The van der Waals surface area contributed by atoms with Crippen molar-refractivity contribution in [3.63, 3.8) is 0 Å². The Morgan fingerprint density at radius 2 is 2.46 bits per heavy atom. The molecule has 0 saturated carbocycles. The predicted molar refractivity (Wildman–Crippen MR) is 53.4 cm³/mol. The van der Waals surface area contributed by atoms with Crippen molar-refractivity contribution in [2.24, 2.45) is 12.2 Å². The largest absolute Gasteiger partial charge is 0.411 e. The molecule has 1 heterocycles. The maximum absolute atomic E-state index is 8.41. The van der Waals surface area contributed by atoms with Gasteiger partial charge in [0.25, 0.3) is 0 Å². The van der Waals surface area contributed by atoms with Gasteiger partial charge < -0.3 is 5.21 Å². The van der Waals surface area contributed by atoms with Crippen molar-refractivity contribution < 1.29 is 9.77 Å². The van der Waals surface area contributed by atoms with Gasteiger partial charge in [-0.1, -0.05) is 12.1 Å². The van der Waals surface area contributed by atoms with E-state index in [0.717, 1.165) is 11.4 Å². The standard InChI is InChI=1S/C9H12N2OS/c1-3-13-9-4-5-11(2)8(6-9)7-10-12/h4-7H,3H2,1-2H3/p+1. The van der Waals surface area contributed by atoms with Gasteiger partial charge in [0.05, 0.1) is 0 Å². The number of aromatic nitrogens is 1. The molecule has 0 atom stereocenters. The van der Waals surface area contributed by atoms with Crippen molar-refractivity contribution in [2.45, 2.75) is 11.8 Å². The lowest BCUT2D eigenvalue weighted by molar-refractivity contribution is -0.672. The molecule has 0 aromatic carbocycles. The summed E-state index contributed by atoms with van der Waals surface area (Å²) in [5.41, 5.74) is 0.890. The van der Waals surface area contributed by atoms with Crippen LogP contribution in [0.25, 0.3) is 0 Å². The van der Waals surface area contributed by atoms with Gasteiger partial charge in [0, 0.05) is 17.0 Å². The minimum Gasteiger partial charge on any atom is -0.411 e. The van der Waals surface area contributed by atoms with Crippen molar-refractivity contribution in [3.05, 3.63) is 24.0 Å². The predicted octanol–water partition coefficient (Wildman–Crippen LogP) is 1.43. The third-order valence-electron chi connectivity index (χ3n) is 1.66. The Morgan fingerprint density at radius 3 is 3.08 bits per heavy atom. The lowest BCUT2D eigenvalue weighted by atomic mass is 10.3. The highest BCUT2D eigenvalue weighted by Gasteiger charge is 2.04. The van der Waals surface area contributed by atoms with Gasteiger partial charge in [0.2, 0.25) is 5.69 Å². The fourth-order valence-corrected chi connectivity index (χ4v) is 1.71. The molecule has 1 aromatic heterocycles. The van der Waals surface area contributed by atoms with E-state index in [0.29, 0.717) is 0 Å². The van der Waals surface area contributed by atoms with E-state index >= 15 is 0 Å². The van der Waals surface area contributed by atoms with Crippen LogP contribution in [0, 0.1) is 0 Å². The van der Waals surface area contributed by atoms with E-state index in [-0.39, 0.29) is 0 Å². The Kier molecular flexibility index (Phi) is 3.76. The molecule has 0 fully saturated rings. The van der Waals surface area contributed by atoms with E-state index in [4.69, 9.17) is 5.21 Å². The average molecular weight is 197 g/mol. The highest BCUT2D eigenvalue weighted by Crippen LogP contribution is 2.15. The lowest BCUT2D eigenvalue weighted by Gasteiger charge is -1.97. The molecule has 70 valence electrons. The monoisotopic (exact) mass is 197 g/mol. The smallest absolute Gasteiger partial charge is 0.227 e. The van der Waals surface area contributed by atoms with Gasteiger partial charge in [-0.25, -0.2) is 4.57 Å². The van der Waals surface area contributed by atoms with Gasteiger partial charge in [-0.15, -0.1) is 11.8 Å². The molecule has 4 heteroatoms. The molecule has 0 aliphatic heterocycles. The van der Waals surface area contributed by atoms with Crippen LogP contribution in [-0.2, 0) is 7.05 Å². The second-order valence-corrected chi connectivity index (χ2v) is 3.91. The van der Waals surface area contributed by atoms with Crippen molar-refractivity contribution in [1.29, 1.82) is 0 Å². The third kappa shape index (κ3) is 2.73. The number of hydrogen-bond acceptors (Lipinski definition) is 3. The van der Waals surface area contributed by atoms with Crippen LogP contribution in [0.4, 0.5) is 0 Å². The van der Waals surface area contributed by atoms with E-state index < -0.39 is 0 Å². The van der Waals surface area contributed by atoms with E-state index in [1.54, 1.807) is 11.8 Å². The molecular formula is C9H13N2OS+. The molecular weight excluding hydrogens is 184 g/mol. The summed E-state index contributed by atoms with van der Waals surface area (Å²) in [5, 5.41) is 11.4. The maximum atomic E-state index is 8.41. The molecule has 1 N–H and O–H groups in total. The van der Waals surface area contributed by atoms with Crippen molar-refractivity contribution in [2.75, 3.05) is 5.75 Å². The summed E-state index contributed by atoms with van der Waals surface area (Å²) in [6.45, 7) is 2.11. The number of pyridine rings is 1. The molecule has 0 amide bonds. The summed E-state index contributed by atoms with van der Waals surface area (Å²) in [7, 11) is 1.91. The van der Waals surface area contributed by atoms with Crippen LogP contribution < -0.4 is 4.57 Å². The molecule has 0 aliphatic carbocycles.